The zero-order valence-electron chi connectivity index (χ0n) is 9.53. The van der Waals surface area contributed by atoms with Crippen LogP contribution in [-0.2, 0) is 4.74 Å². The number of carbonyl (C=O) groups is 1. The predicted octanol–water partition coefficient (Wildman–Crippen LogP) is 1.98. The molecule has 0 bridgehead atoms. The van der Waals surface area contributed by atoms with E-state index in [1.165, 1.54) is 0 Å². The van der Waals surface area contributed by atoms with Crippen LogP contribution in [0.3, 0.4) is 0 Å². The molecule has 1 atom stereocenters. The van der Waals surface area contributed by atoms with Gasteiger partial charge in [0, 0.05) is 11.1 Å². The number of amides is 1. The fourth-order valence-corrected chi connectivity index (χ4v) is 2.14. The fraction of sp³-hybridized carbons (Fsp3) is 0.417. The molecule has 1 aromatic carbocycles. The minimum absolute atomic E-state index is 0.105. The summed E-state index contributed by atoms with van der Waals surface area (Å²) in [5, 5.41) is 2.94. The first-order valence-electron chi connectivity index (χ1n) is 5.43. The second-order valence-corrected chi connectivity index (χ2v) is 4.73. The van der Waals surface area contributed by atoms with Crippen molar-refractivity contribution in [3.63, 3.8) is 0 Å². The molecule has 17 heavy (non-hydrogen) atoms. The monoisotopic (exact) mass is 299 g/mol. The van der Waals surface area contributed by atoms with Crippen LogP contribution in [0.25, 0.3) is 0 Å². The molecule has 1 fully saturated rings. The number of ether oxygens (including phenoxy) is 2. The first kappa shape index (κ1) is 12.4. The van der Waals surface area contributed by atoms with E-state index >= 15 is 0 Å². The van der Waals surface area contributed by atoms with E-state index in [-0.39, 0.29) is 11.9 Å². The molecule has 0 spiro atoms. The Morgan fingerprint density at radius 2 is 2.41 bits per heavy atom. The molecule has 1 unspecified atom stereocenters. The van der Waals surface area contributed by atoms with Gasteiger partial charge >= 0.3 is 0 Å². The van der Waals surface area contributed by atoms with Crippen LogP contribution in [0.15, 0.2) is 22.7 Å². The summed E-state index contributed by atoms with van der Waals surface area (Å²) in [6.07, 6.45) is 0.868. The lowest BCUT2D eigenvalue weighted by molar-refractivity contribution is 0.0929. The summed E-state index contributed by atoms with van der Waals surface area (Å²) in [6, 6.07) is 5.44. The maximum absolute atomic E-state index is 12.0. The van der Waals surface area contributed by atoms with Crippen molar-refractivity contribution in [2.45, 2.75) is 12.5 Å². The quantitative estimate of drug-likeness (QED) is 0.928. The lowest BCUT2D eigenvalue weighted by Gasteiger charge is -2.12. The molecule has 1 N–H and O–H groups in total. The third-order valence-electron chi connectivity index (χ3n) is 2.68. The highest BCUT2D eigenvalue weighted by molar-refractivity contribution is 9.10. The zero-order chi connectivity index (χ0) is 12.3. The van der Waals surface area contributed by atoms with Crippen LogP contribution in [-0.4, -0.2) is 32.3 Å². The van der Waals surface area contributed by atoms with E-state index in [4.69, 9.17) is 9.47 Å². The maximum Gasteiger partial charge on any atom is 0.252 e. The molecule has 0 radical (unpaired) electrons. The van der Waals surface area contributed by atoms with E-state index < -0.39 is 0 Å². The lowest BCUT2D eigenvalue weighted by Crippen LogP contribution is -2.35. The Hall–Kier alpha value is -1.07. The maximum atomic E-state index is 12.0. The average molecular weight is 300 g/mol. The van der Waals surface area contributed by atoms with Crippen molar-refractivity contribution in [1.82, 2.24) is 5.32 Å². The minimum Gasteiger partial charge on any atom is -0.497 e. The normalized spacial score (nSPS) is 19.1. The molecule has 1 aliphatic rings. The second kappa shape index (κ2) is 5.51. The highest BCUT2D eigenvalue weighted by Crippen LogP contribution is 2.22. The Balaban J connectivity index is 2.11. The molecule has 5 heteroatoms. The predicted molar refractivity (Wildman–Crippen MR) is 67.4 cm³/mol. The molecule has 1 heterocycles. The Labute approximate surface area is 108 Å². The zero-order valence-corrected chi connectivity index (χ0v) is 11.1. The van der Waals surface area contributed by atoms with Crippen molar-refractivity contribution < 1.29 is 14.3 Å². The van der Waals surface area contributed by atoms with Crippen molar-refractivity contribution in [3.05, 3.63) is 28.2 Å². The lowest BCUT2D eigenvalue weighted by atomic mass is 10.1. The molecule has 2 rings (SSSR count). The highest BCUT2D eigenvalue weighted by Gasteiger charge is 2.20. The fourth-order valence-electron chi connectivity index (χ4n) is 1.72. The Morgan fingerprint density at radius 1 is 1.59 bits per heavy atom. The van der Waals surface area contributed by atoms with Crippen LogP contribution in [0.5, 0.6) is 5.75 Å². The molecule has 92 valence electrons. The van der Waals surface area contributed by atoms with E-state index in [1.807, 2.05) is 0 Å². The summed E-state index contributed by atoms with van der Waals surface area (Å²) < 4.78 is 11.1. The minimum atomic E-state index is -0.105. The number of benzene rings is 1. The molecular weight excluding hydrogens is 286 g/mol. The third-order valence-corrected chi connectivity index (χ3v) is 3.37. The summed E-state index contributed by atoms with van der Waals surface area (Å²) in [7, 11) is 1.58. The first-order chi connectivity index (χ1) is 8.20. The molecule has 1 aliphatic heterocycles. The van der Waals surface area contributed by atoms with E-state index in [0.29, 0.717) is 24.5 Å². The van der Waals surface area contributed by atoms with Crippen molar-refractivity contribution >= 4 is 21.8 Å². The van der Waals surface area contributed by atoms with Crippen LogP contribution in [0.2, 0.25) is 0 Å². The Morgan fingerprint density at radius 3 is 3.06 bits per heavy atom. The van der Waals surface area contributed by atoms with Crippen LogP contribution >= 0.6 is 15.9 Å². The van der Waals surface area contributed by atoms with Gasteiger partial charge in [-0.1, -0.05) is 0 Å². The second-order valence-electron chi connectivity index (χ2n) is 3.88. The Kier molecular flexibility index (Phi) is 4.02. The molecule has 0 aliphatic carbocycles. The van der Waals surface area contributed by atoms with Gasteiger partial charge in [0.15, 0.2) is 0 Å². The van der Waals surface area contributed by atoms with Gasteiger partial charge in [-0.25, -0.2) is 0 Å². The molecule has 1 aromatic rings. The van der Waals surface area contributed by atoms with Crippen molar-refractivity contribution in [2.75, 3.05) is 20.3 Å². The largest absolute Gasteiger partial charge is 0.497 e. The summed E-state index contributed by atoms with van der Waals surface area (Å²) in [5.74, 6) is 0.562. The van der Waals surface area contributed by atoms with Crippen LogP contribution in [0, 0.1) is 0 Å². The highest BCUT2D eigenvalue weighted by atomic mass is 79.9. The number of halogens is 1. The molecule has 0 aromatic heterocycles. The average Bonchev–Trinajstić information content (AvgIpc) is 2.82. The van der Waals surface area contributed by atoms with Gasteiger partial charge in [0.2, 0.25) is 0 Å². The first-order valence-corrected chi connectivity index (χ1v) is 6.22. The summed E-state index contributed by atoms with van der Waals surface area (Å²) >= 11 is 3.36. The summed E-state index contributed by atoms with van der Waals surface area (Å²) in [4.78, 5) is 12.0. The van der Waals surface area contributed by atoms with Gasteiger partial charge in [-0.05, 0) is 40.5 Å². The summed E-state index contributed by atoms with van der Waals surface area (Å²) in [6.45, 7) is 1.30. The SMILES string of the molecule is COc1ccc(Br)c(C(=O)NC2CCOC2)c1. The topological polar surface area (TPSA) is 47.6 Å². The van der Waals surface area contributed by atoms with E-state index in [2.05, 4.69) is 21.2 Å². The van der Waals surface area contributed by atoms with Crippen LogP contribution in [0.1, 0.15) is 16.8 Å². The van der Waals surface area contributed by atoms with Gasteiger partial charge < -0.3 is 14.8 Å². The van der Waals surface area contributed by atoms with Gasteiger partial charge in [-0.2, -0.15) is 0 Å². The number of nitrogens with one attached hydrogen (secondary N) is 1. The number of carbonyl (C=O) groups excluding carboxylic acids is 1. The van der Waals surface area contributed by atoms with E-state index in [0.717, 1.165) is 10.9 Å². The third kappa shape index (κ3) is 2.98. The van der Waals surface area contributed by atoms with Gasteiger partial charge in [0.25, 0.3) is 5.91 Å². The molecule has 1 amide bonds. The standard InChI is InChI=1S/C12H14BrNO3/c1-16-9-2-3-11(13)10(6-9)12(15)14-8-4-5-17-7-8/h2-3,6,8H,4-5,7H2,1H3,(H,14,15). The van der Waals surface area contributed by atoms with Crippen LogP contribution < -0.4 is 10.1 Å². The van der Waals surface area contributed by atoms with Crippen molar-refractivity contribution in [1.29, 1.82) is 0 Å². The van der Waals surface area contributed by atoms with Crippen LogP contribution in [0.4, 0.5) is 0 Å². The molecule has 0 saturated carbocycles. The number of methoxy groups -OCH3 is 1. The van der Waals surface area contributed by atoms with Crippen molar-refractivity contribution in [2.24, 2.45) is 0 Å². The van der Waals surface area contributed by atoms with Crippen molar-refractivity contribution in [3.8, 4) is 5.75 Å². The number of hydrogen-bond donors (Lipinski definition) is 1. The Bertz CT molecular complexity index is 416. The molecule has 4 nitrogen and oxygen atoms in total. The van der Waals surface area contributed by atoms with Gasteiger partial charge in [0.1, 0.15) is 5.75 Å². The van der Waals surface area contributed by atoms with Gasteiger partial charge in [0.05, 0.1) is 25.3 Å². The van der Waals surface area contributed by atoms with E-state index in [1.54, 1.807) is 25.3 Å². The molecular formula is C12H14BrNO3. The summed E-state index contributed by atoms with van der Waals surface area (Å²) in [5.41, 5.74) is 0.580. The number of hydrogen-bond acceptors (Lipinski definition) is 3. The molecule has 1 saturated heterocycles. The van der Waals surface area contributed by atoms with Gasteiger partial charge in [-0.15, -0.1) is 0 Å². The van der Waals surface area contributed by atoms with E-state index in [9.17, 15) is 4.79 Å². The smallest absolute Gasteiger partial charge is 0.252 e. The number of rotatable bonds is 3. The van der Waals surface area contributed by atoms with Gasteiger partial charge in [-0.3, -0.25) is 4.79 Å².